The van der Waals surface area contributed by atoms with Gasteiger partial charge in [-0.15, -0.1) is 0 Å². The zero-order valence-electron chi connectivity index (χ0n) is 9.58. The number of phenols is 1. The smallest absolute Gasteiger partial charge is 0.160 e. The Hall–Kier alpha value is -1.22. The van der Waals surface area contributed by atoms with Crippen molar-refractivity contribution in [1.29, 1.82) is 0 Å². The van der Waals surface area contributed by atoms with Crippen LogP contribution in [0.1, 0.15) is 18.9 Å². The van der Waals surface area contributed by atoms with E-state index in [-0.39, 0.29) is 5.75 Å². The number of methoxy groups -OCH3 is 1. The molecule has 1 unspecified atom stereocenters. The van der Waals surface area contributed by atoms with E-state index in [2.05, 4.69) is 12.2 Å². The van der Waals surface area contributed by atoms with Crippen LogP contribution in [0.5, 0.6) is 11.5 Å². The summed E-state index contributed by atoms with van der Waals surface area (Å²) in [7, 11) is 3.51. The predicted molar refractivity (Wildman–Crippen MR) is 61.5 cm³/mol. The van der Waals surface area contributed by atoms with Crippen LogP contribution in [0.3, 0.4) is 0 Å². The lowest BCUT2D eigenvalue weighted by atomic mass is 10.1. The minimum Gasteiger partial charge on any atom is -0.504 e. The van der Waals surface area contributed by atoms with Gasteiger partial charge in [0.25, 0.3) is 0 Å². The monoisotopic (exact) mass is 209 g/mol. The zero-order chi connectivity index (χ0) is 11.3. The summed E-state index contributed by atoms with van der Waals surface area (Å²) in [5.41, 5.74) is 1.13. The van der Waals surface area contributed by atoms with E-state index >= 15 is 0 Å². The molecule has 1 aromatic carbocycles. The van der Waals surface area contributed by atoms with Crippen molar-refractivity contribution in [3.63, 3.8) is 0 Å². The van der Waals surface area contributed by atoms with Crippen LogP contribution in [-0.4, -0.2) is 25.3 Å². The van der Waals surface area contributed by atoms with Gasteiger partial charge in [0, 0.05) is 6.04 Å². The van der Waals surface area contributed by atoms with E-state index in [1.807, 2.05) is 13.1 Å². The Kier molecular flexibility index (Phi) is 4.43. The highest BCUT2D eigenvalue weighted by Crippen LogP contribution is 2.26. The van der Waals surface area contributed by atoms with Gasteiger partial charge in [-0.2, -0.15) is 0 Å². The molecule has 1 aromatic rings. The number of aromatic hydroxyl groups is 1. The second-order valence-electron chi connectivity index (χ2n) is 3.73. The van der Waals surface area contributed by atoms with E-state index in [4.69, 9.17) is 4.74 Å². The minimum atomic E-state index is 0.215. The predicted octanol–water partition coefficient (Wildman–Crippen LogP) is 1.94. The summed E-state index contributed by atoms with van der Waals surface area (Å²) in [5, 5.41) is 12.8. The number of hydrogen-bond donors (Lipinski definition) is 2. The molecule has 15 heavy (non-hydrogen) atoms. The fraction of sp³-hybridized carbons (Fsp3) is 0.500. The minimum absolute atomic E-state index is 0.215. The molecule has 0 aliphatic carbocycles. The summed E-state index contributed by atoms with van der Waals surface area (Å²) >= 11 is 0. The van der Waals surface area contributed by atoms with Crippen molar-refractivity contribution in [2.75, 3.05) is 14.2 Å². The molecule has 84 valence electrons. The maximum atomic E-state index is 9.57. The van der Waals surface area contributed by atoms with Gasteiger partial charge in [-0.1, -0.05) is 6.07 Å². The topological polar surface area (TPSA) is 41.5 Å². The molecule has 0 spiro atoms. The maximum absolute atomic E-state index is 9.57. The van der Waals surface area contributed by atoms with Gasteiger partial charge in [-0.25, -0.2) is 0 Å². The number of phenolic OH excluding ortho intramolecular Hbond substituents is 1. The molecule has 0 aliphatic rings. The van der Waals surface area contributed by atoms with E-state index in [1.54, 1.807) is 19.2 Å². The van der Waals surface area contributed by atoms with Crippen LogP contribution in [0.25, 0.3) is 0 Å². The quantitative estimate of drug-likeness (QED) is 0.778. The number of ether oxygens (including phenoxy) is 1. The third kappa shape index (κ3) is 3.44. The molecule has 3 heteroatoms. The van der Waals surface area contributed by atoms with Crippen LogP contribution in [0.4, 0.5) is 0 Å². The largest absolute Gasteiger partial charge is 0.504 e. The second kappa shape index (κ2) is 5.61. The van der Waals surface area contributed by atoms with E-state index in [1.165, 1.54) is 0 Å². The highest BCUT2D eigenvalue weighted by atomic mass is 16.5. The lowest BCUT2D eigenvalue weighted by molar-refractivity contribution is 0.373. The first-order valence-corrected chi connectivity index (χ1v) is 5.20. The number of hydrogen-bond acceptors (Lipinski definition) is 3. The number of nitrogens with one attached hydrogen (secondary N) is 1. The number of rotatable bonds is 5. The molecular weight excluding hydrogens is 190 g/mol. The Labute approximate surface area is 91.1 Å². The van der Waals surface area contributed by atoms with Crippen molar-refractivity contribution in [2.45, 2.75) is 25.8 Å². The molecule has 0 saturated carbocycles. The summed E-state index contributed by atoms with van der Waals surface area (Å²) < 4.78 is 4.98. The van der Waals surface area contributed by atoms with Gasteiger partial charge in [0.1, 0.15) is 0 Å². The van der Waals surface area contributed by atoms with Crippen molar-refractivity contribution in [1.82, 2.24) is 5.32 Å². The van der Waals surface area contributed by atoms with Gasteiger partial charge in [0.05, 0.1) is 7.11 Å². The van der Waals surface area contributed by atoms with Crippen LogP contribution in [-0.2, 0) is 6.42 Å². The number of aryl methyl sites for hydroxylation is 1. The highest BCUT2D eigenvalue weighted by Gasteiger charge is 2.04. The SMILES string of the molecule is CNC(C)CCc1ccc(OC)c(O)c1. The molecule has 3 nitrogen and oxygen atoms in total. The Balaban J connectivity index is 2.59. The van der Waals surface area contributed by atoms with Crippen molar-refractivity contribution in [2.24, 2.45) is 0 Å². The summed E-state index contributed by atoms with van der Waals surface area (Å²) in [5.74, 6) is 0.743. The summed E-state index contributed by atoms with van der Waals surface area (Å²) in [6, 6.07) is 6.05. The lowest BCUT2D eigenvalue weighted by Gasteiger charge is -2.10. The molecule has 0 heterocycles. The van der Waals surface area contributed by atoms with Crippen LogP contribution < -0.4 is 10.1 Å². The highest BCUT2D eigenvalue weighted by molar-refractivity contribution is 5.41. The first kappa shape index (κ1) is 11.9. The second-order valence-corrected chi connectivity index (χ2v) is 3.73. The normalized spacial score (nSPS) is 12.5. The van der Waals surface area contributed by atoms with E-state index in [0.717, 1.165) is 18.4 Å². The maximum Gasteiger partial charge on any atom is 0.160 e. The average Bonchev–Trinajstić information content (AvgIpc) is 2.26. The van der Waals surface area contributed by atoms with Crippen molar-refractivity contribution < 1.29 is 9.84 Å². The van der Waals surface area contributed by atoms with Crippen molar-refractivity contribution in [3.8, 4) is 11.5 Å². The van der Waals surface area contributed by atoms with Crippen LogP contribution in [0.2, 0.25) is 0 Å². The van der Waals surface area contributed by atoms with Gasteiger partial charge in [0.15, 0.2) is 11.5 Å². The first-order chi connectivity index (χ1) is 7.17. The number of benzene rings is 1. The van der Waals surface area contributed by atoms with Crippen molar-refractivity contribution >= 4 is 0 Å². The third-order valence-corrected chi connectivity index (χ3v) is 2.60. The third-order valence-electron chi connectivity index (χ3n) is 2.60. The molecule has 0 saturated heterocycles. The zero-order valence-corrected chi connectivity index (χ0v) is 9.58. The van der Waals surface area contributed by atoms with Crippen molar-refractivity contribution in [3.05, 3.63) is 23.8 Å². The molecule has 2 N–H and O–H groups in total. The molecule has 0 aliphatic heterocycles. The molecule has 0 bridgehead atoms. The lowest BCUT2D eigenvalue weighted by Crippen LogP contribution is -2.21. The van der Waals surface area contributed by atoms with Gasteiger partial charge < -0.3 is 15.2 Å². The first-order valence-electron chi connectivity index (χ1n) is 5.20. The summed E-state index contributed by atoms with van der Waals surface area (Å²) in [6.45, 7) is 2.14. The Morgan fingerprint density at radius 1 is 1.47 bits per heavy atom. The van der Waals surface area contributed by atoms with E-state index in [9.17, 15) is 5.11 Å². The van der Waals surface area contributed by atoms with E-state index < -0.39 is 0 Å². The molecule has 0 radical (unpaired) electrons. The fourth-order valence-corrected chi connectivity index (χ4v) is 1.42. The van der Waals surface area contributed by atoms with Crippen LogP contribution >= 0.6 is 0 Å². The summed E-state index contributed by atoms with van der Waals surface area (Å²) in [6.07, 6.45) is 2.02. The average molecular weight is 209 g/mol. The summed E-state index contributed by atoms with van der Waals surface area (Å²) in [4.78, 5) is 0. The van der Waals surface area contributed by atoms with Gasteiger partial charge >= 0.3 is 0 Å². The Bertz CT molecular complexity index is 312. The standard InChI is InChI=1S/C12H19NO2/c1-9(13-2)4-5-10-6-7-12(15-3)11(14)8-10/h6-9,13-14H,4-5H2,1-3H3. The fourth-order valence-electron chi connectivity index (χ4n) is 1.42. The van der Waals surface area contributed by atoms with Gasteiger partial charge in [-0.3, -0.25) is 0 Å². The van der Waals surface area contributed by atoms with Crippen LogP contribution in [0.15, 0.2) is 18.2 Å². The molecule has 0 amide bonds. The Morgan fingerprint density at radius 2 is 2.20 bits per heavy atom. The van der Waals surface area contributed by atoms with Gasteiger partial charge in [0.2, 0.25) is 0 Å². The van der Waals surface area contributed by atoms with E-state index in [0.29, 0.717) is 11.8 Å². The molecule has 0 fully saturated rings. The van der Waals surface area contributed by atoms with Crippen LogP contribution in [0, 0.1) is 0 Å². The van der Waals surface area contributed by atoms with Gasteiger partial charge in [-0.05, 0) is 44.5 Å². The Morgan fingerprint density at radius 3 is 2.73 bits per heavy atom. The molecular formula is C12H19NO2. The molecule has 0 aromatic heterocycles. The molecule has 1 atom stereocenters. The molecule has 1 rings (SSSR count).